The van der Waals surface area contributed by atoms with Crippen LogP contribution in [0.25, 0.3) is 0 Å². The van der Waals surface area contributed by atoms with Crippen LogP contribution in [-0.2, 0) is 41.2 Å². The molecule has 3 aliphatic carbocycles. The second-order valence-corrected chi connectivity index (χ2v) is 14.1. The zero-order chi connectivity index (χ0) is 29.6. The van der Waals surface area contributed by atoms with Crippen LogP contribution >= 0.6 is 7.92 Å². The van der Waals surface area contributed by atoms with Gasteiger partial charge in [0.05, 0.1) is 0 Å². The van der Waals surface area contributed by atoms with Gasteiger partial charge in [0.25, 0.3) is 0 Å². The third kappa shape index (κ3) is 20.9. The minimum Gasteiger partial charge on any atom is -1.00 e. The molecule has 47 heavy (non-hydrogen) atoms. The first-order valence-corrected chi connectivity index (χ1v) is 16.7. The Morgan fingerprint density at radius 3 is 1.17 bits per heavy atom. The van der Waals surface area contributed by atoms with Gasteiger partial charge in [-0.3, -0.25) is 0 Å². The molecule has 16 radical (unpaired) electrons. The van der Waals surface area contributed by atoms with Crippen molar-refractivity contribution in [3.05, 3.63) is 161 Å². The van der Waals surface area contributed by atoms with Gasteiger partial charge in [-0.05, 0) is 161 Å². The van der Waals surface area contributed by atoms with E-state index in [2.05, 4.69) is 148 Å². The Morgan fingerprint density at radius 1 is 0.489 bits per heavy atom. The summed E-state index contributed by atoms with van der Waals surface area (Å²) < 4.78 is 0. The molecule has 0 unspecified atom stereocenters. The van der Waals surface area contributed by atoms with E-state index in [9.17, 15) is 0 Å². The fourth-order valence-electron chi connectivity index (χ4n) is 4.58. The predicted octanol–water partition coefficient (Wildman–Crippen LogP) is -2.16. The average molecular weight is 852 g/mol. The van der Waals surface area contributed by atoms with Crippen molar-refractivity contribution in [3.8, 4) is 0 Å². The maximum absolute atomic E-state index is 2.36. The Labute approximate surface area is 346 Å². The Bertz CT molecular complexity index is 894. The first-order chi connectivity index (χ1) is 19.7. The van der Waals surface area contributed by atoms with Crippen LogP contribution in [0.5, 0.6) is 0 Å². The average Bonchev–Trinajstić information content (AvgIpc) is 3.72. The molecular weight excluding hydrogens is 802 g/mol. The van der Waals surface area contributed by atoms with E-state index in [1.807, 2.05) is 32.1 Å². The van der Waals surface area contributed by atoms with Crippen LogP contribution in [0.4, 0.5) is 0 Å². The molecule has 0 aromatic heterocycles. The minimum atomic E-state index is -0.319. The zero-order valence-corrected chi connectivity index (χ0v) is 35.8. The fraction of sp³-hybridized carbons (Fsp3) is 0.300. The number of rotatable bonds is 8. The number of hydrogen-bond acceptors (Lipinski definition) is 0. The van der Waals surface area contributed by atoms with Crippen molar-refractivity contribution in [1.82, 2.24) is 0 Å². The molecule has 7 heteroatoms. The molecule has 3 fully saturated rings. The van der Waals surface area contributed by atoms with Crippen molar-refractivity contribution in [2.24, 2.45) is 5.92 Å². The van der Waals surface area contributed by atoms with E-state index < -0.39 is 0 Å². The van der Waals surface area contributed by atoms with Crippen LogP contribution < -0.4 is 60.2 Å². The Kier molecular flexibility index (Phi) is 36.3. The van der Waals surface area contributed by atoms with Crippen LogP contribution in [0.2, 0.25) is 0 Å². The summed E-state index contributed by atoms with van der Waals surface area (Å²) in [6.07, 6.45) is 29.9. The molecule has 0 atom stereocenters. The molecule has 0 N–H and O–H groups in total. The van der Waals surface area contributed by atoms with Gasteiger partial charge in [-0.25, -0.2) is 0 Å². The fourth-order valence-corrected chi connectivity index (χ4v) is 6.89. The number of halogens is 4. The van der Waals surface area contributed by atoms with Crippen molar-refractivity contribution >= 4 is 18.5 Å². The van der Waals surface area contributed by atoms with Gasteiger partial charge in [0.15, 0.2) is 0 Å². The number of benzene rings is 2. The molecule has 0 spiro atoms. The van der Waals surface area contributed by atoms with Crippen LogP contribution in [0.15, 0.2) is 48.5 Å². The minimum absolute atomic E-state index is 0. The van der Waals surface area contributed by atoms with Gasteiger partial charge in [0.1, 0.15) is 0 Å². The Morgan fingerprint density at radius 2 is 0.851 bits per heavy atom. The molecular formula is C40H49Cl4PRuTi. The second-order valence-electron chi connectivity index (χ2n) is 11.7. The smallest absolute Gasteiger partial charge is 1.00 e. The standard InChI is InChI=1S/C25H30P.C10H14.C5H5.4ClH.Ru.Ti/c1-19(2)22-9-13-24(14-10-22)26(18-17-21-7-5-6-8-21)25-15-11-23(12-16-25)20(3)4;1-8(2)10-6-4-9(3)5-7-10;1-2-4-5-3-1;;;;;;/h5-16,19-20H,17-18H2,1-4H3;4-8H,1-3H3;1-5H;4*1H;;/q;;;;;;;2*+2/p-4. The number of hydrogen-bond donors (Lipinski definition) is 0. The summed E-state index contributed by atoms with van der Waals surface area (Å²) >= 11 is 0. The largest absolute Gasteiger partial charge is 2.00 e. The summed E-state index contributed by atoms with van der Waals surface area (Å²) in [6, 6.07) is 18.7. The summed E-state index contributed by atoms with van der Waals surface area (Å²) in [5.41, 5.74) is 2.85. The third-order valence-electron chi connectivity index (χ3n) is 7.40. The first-order valence-electron chi connectivity index (χ1n) is 15.2. The molecule has 0 saturated heterocycles. The van der Waals surface area contributed by atoms with E-state index in [0.717, 1.165) is 6.42 Å². The van der Waals surface area contributed by atoms with E-state index in [-0.39, 0.29) is 98.7 Å². The predicted molar refractivity (Wildman–Crippen MR) is 183 cm³/mol. The molecule has 0 heterocycles. The van der Waals surface area contributed by atoms with Gasteiger partial charge in [0, 0.05) is 0 Å². The molecule has 0 bridgehead atoms. The summed E-state index contributed by atoms with van der Waals surface area (Å²) in [5.74, 6) is 6.04. The molecule has 2 aromatic rings. The SMILES string of the molecule is CC(C)c1ccc(P(CC[C]2[CH][CH][CH][CH]2)c2ccc(C(C)C)cc2)cc1.C[C]1[CH][CH][C](C(C)C)[CH][CH]1.[CH]1[CH][CH][CH][CH]1.[Cl-].[Cl-].[Cl-].[Cl-].[Ru+2].[Ti+2]. The van der Waals surface area contributed by atoms with Crippen molar-refractivity contribution < 1.29 is 90.8 Å². The topological polar surface area (TPSA) is 0 Å². The molecule has 3 aliphatic rings. The van der Waals surface area contributed by atoms with Crippen LogP contribution in [-0.4, -0.2) is 6.16 Å². The zero-order valence-electron chi connectivity index (χ0n) is 28.6. The maximum Gasteiger partial charge on any atom is 2.00 e. The van der Waals surface area contributed by atoms with Gasteiger partial charge in [-0.15, -0.1) is 0 Å². The Balaban J connectivity index is -0.000000370. The third-order valence-corrected chi connectivity index (χ3v) is 9.91. The van der Waals surface area contributed by atoms with Crippen molar-refractivity contribution in [2.45, 2.75) is 66.7 Å². The van der Waals surface area contributed by atoms with E-state index in [1.54, 1.807) is 0 Å². The Hall–Kier alpha value is 1.37. The van der Waals surface area contributed by atoms with E-state index >= 15 is 0 Å². The van der Waals surface area contributed by atoms with E-state index in [1.165, 1.54) is 45.7 Å². The van der Waals surface area contributed by atoms with Crippen LogP contribution in [0, 0.1) is 107 Å². The van der Waals surface area contributed by atoms with Gasteiger partial charge < -0.3 is 49.6 Å². The molecule has 0 aliphatic heterocycles. The van der Waals surface area contributed by atoms with Gasteiger partial charge in [0.2, 0.25) is 0 Å². The summed E-state index contributed by atoms with van der Waals surface area (Å²) in [4.78, 5) is 0. The van der Waals surface area contributed by atoms with Gasteiger partial charge in [-0.1, -0.05) is 97.0 Å². The normalized spacial score (nSPS) is 16.2. The molecule has 0 amide bonds. The second kappa shape index (κ2) is 30.9. The van der Waals surface area contributed by atoms with E-state index in [4.69, 9.17) is 0 Å². The van der Waals surface area contributed by atoms with Crippen molar-refractivity contribution in [1.29, 1.82) is 0 Å². The summed E-state index contributed by atoms with van der Waals surface area (Å²) in [6.45, 7) is 15.6. The monoisotopic (exact) mass is 850 g/mol. The quantitative estimate of drug-likeness (QED) is 0.210. The molecule has 2 aromatic carbocycles. The molecule has 5 rings (SSSR count). The summed E-state index contributed by atoms with van der Waals surface area (Å²) in [7, 11) is -0.319. The van der Waals surface area contributed by atoms with Gasteiger partial charge in [-0.2, -0.15) is 0 Å². The van der Waals surface area contributed by atoms with Crippen LogP contribution in [0.3, 0.4) is 0 Å². The molecule has 0 nitrogen and oxygen atoms in total. The maximum atomic E-state index is 2.36. The van der Waals surface area contributed by atoms with Crippen molar-refractivity contribution in [2.75, 3.05) is 6.16 Å². The molecule has 254 valence electrons. The van der Waals surface area contributed by atoms with Crippen LogP contribution in [0.1, 0.15) is 77.8 Å². The first kappa shape index (κ1) is 55.1. The summed E-state index contributed by atoms with van der Waals surface area (Å²) in [5, 5.41) is 2.99. The van der Waals surface area contributed by atoms with Crippen molar-refractivity contribution in [3.63, 3.8) is 0 Å². The van der Waals surface area contributed by atoms with Gasteiger partial charge >= 0.3 is 41.2 Å². The van der Waals surface area contributed by atoms with E-state index in [0.29, 0.717) is 17.8 Å². The molecule has 3 saturated carbocycles.